The van der Waals surface area contributed by atoms with Crippen molar-refractivity contribution in [2.45, 2.75) is 31.1 Å². The van der Waals surface area contributed by atoms with Crippen LogP contribution in [0.15, 0.2) is 42.5 Å². The Balaban J connectivity index is 1.31. The number of hydrogen-bond acceptors (Lipinski definition) is 5. The summed E-state index contributed by atoms with van der Waals surface area (Å²) >= 11 is 0. The average Bonchev–Trinajstić information content (AvgIpc) is 3.20. The maximum absolute atomic E-state index is 13.5. The second-order valence-electron chi connectivity index (χ2n) is 7.97. The second-order valence-corrected chi connectivity index (χ2v) is 7.97. The fraction of sp³-hybridized carbons (Fsp3) is 0.391. The number of hydrazine groups is 1. The summed E-state index contributed by atoms with van der Waals surface area (Å²) in [7, 11) is 1.63. The first kappa shape index (κ1) is 18.8. The van der Waals surface area contributed by atoms with Crippen LogP contribution in [0, 0.1) is 0 Å². The molecular weight excluding hydrogens is 384 g/mol. The van der Waals surface area contributed by atoms with Gasteiger partial charge in [-0.2, -0.15) is 0 Å². The molecule has 0 aromatic heterocycles. The lowest BCUT2D eigenvalue weighted by molar-refractivity contribution is -0.159. The van der Waals surface area contributed by atoms with Crippen molar-refractivity contribution in [3.05, 3.63) is 53.6 Å². The van der Waals surface area contributed by atoms with E-state index >= 15 is 0 Å². The summed E-state index contributed by atoms with van der Waals surface area (Å²) in [5, 5.41) is 3.28. The van der Waals surface area contributed by atoms with Crippen molar-refractivity contribution in [2.24, 2.45) is 0 Å². The van der Waals surface area contributed by atoms with Crippen LogP contribution in [0.25, 0.3) is 0 Å². The van der Waals surface area contributed by atoms with E-state index in [1.807, 2.05) is 42.5 Å². The highest BCUT2D eigenvalue weighted by atomic mass is 16.7. The van der Waals surface area contributed by atoms with E-state index in [-0.39, 0.29) is 25.0 Å². The number of carbonyl (C=O) groups excluding carboxylic acids is 2. The molecule has 0 bridgehead atoms. The zero-order chi connectivity index (χ0) is 20.7. The molecule has 2 amide bonds. The van der Waals surface area contributed by atoms with Gasteiger partial charge in [0.05, 0.1) is 18.9 Å². The lowest BCUT2D eigenvalue weighted by Crippen LogP contribution is -2.49. The van der Waals surface area contributed by atoms with Crippen LogP contribution in [0.2, 0.25) is 0 Å². The molecule has 2 heterocycles. The van der Waals surface area contributed by atoms with Gasteiger partial charge < -0.3 is 14.2 Å². The number of carbonyl (C=O) groups is 2. The van der Waals surface area contributed by atoms with Crippen LogP contribution in [-0.2, 0) is 21.4 Å². The number of hydrogen-bond donors (Lipinski definition) is 0. The van der Waals surface area contributed by atoms with Crippen LogP contribution < -0.4 is 14.2 Å². The minimum atomic E-state index is -0.520. The van der Waals surface area contributed by atoms with Crippen LogP contribution in [0.3, 0.4) is 0 Å². The average molecular weight is 408 g/mol. The third-order valence-electron chi connectivity index (χ3n) is 6.15. The van der Waals surface area contributed by atoms with Gasteiger partial charge in [-0.15, -0.1) is 0 Å². The van der Waals surface area contributed by atoms with Gasteiger partial charge in [-0.3, -0.25) is 19.6 Å². The Kier molecular flexibility index (Phi) is 4.53. The zero-order valence-electron chi connectivity index (χ0n) is 16.9. The van der Waals surface area contributed by atoms with Gasteiger partial charge in [-0.05, 0) is 54.7 Å². The molecule has 2 aliphatic heterocycles. The molecule has 7 nitrogen and oxygen atoms in total. The highest BCUT2D eigenvalue weighted by molar-refractivity contribution is 5.93. The van der Waals surface area contributed by atoms with E-state index in [1.165, 1.54) is 0 Å². The van der Waals surface area contributed by atoms with Gasteiger partial charge in [0.2, 0.25) is 12.7 Å². The van der Waals surface area contributed by atoms with Crippen molar-refractivity contribution in [3.63, 3.8) is 0 Å². The standard InChI is InChI=1S/C23H24N2O5/c1-28-18-6-4-17(5-7-18)23(9-10-23)22(27)25-12-2-11-24(25)21(26)14-16-3-8-19-20(13-16)30-15-29-19/h3-8,13H,2,9-12,14-15H2,1H3. The van der Waals surface area contributed by atoms with Crippen molar-refractivity contribution in [2.75, 3.05) is 27.0 Å². The number of ether oxygens (including phenoxy) is 3. The molecule has 156 valence electrons. The predicted molar refractivity (Wildman–Crippen MR) is 108 cm³/mol. The number of benzene rings is 2. The Hall–Kier alpha value is -3.22. The summed E-state index contributed by atoms with van der Waals surface area (Å²) in [6.45, 7) is 1.34. The SMILES string of the molecule is COc1ccc(C2(C(=O)N3CCCN3C(=O)Cc3ccc4c(c3)OCO4)CC2)cc1. The molecule has 1 saturated carbocycles. The zero-order valence-corrected chi connectivity index (χ0v) is 16.9. The van der Waals surface area contributed by atoms with Crippen LogP contribution in [-0.4, -0.2) is 48.8 Å². The molecule has 2 aromatic rings. The number of fused-ring (bicyclic) bond motifs is 1. The number of amides is 2. The number of nitrogens with zero attached hydrogens (tertiary/aromatic N) is 2. The first-order valence-corrected chi connectivity index (χ1v) is 10.3. The molecule has 0 atom stereocenters. The lowest BCUT2D eigenvalue weighted by atomic mass is 9.94. The first-order chi connectivity index (χ1) is 14.6. The molecule has 2 fully saturated rings. The third kappa shape index (κ3) is 3.14. The second kappa shape index (κ2) is 7.23. The summed E-state index contributed by atoms with van der Waals surface area (Å²) < 4.78 is 16.0. The fourth-order valence-electron chi connectivity index (χ4n) is 4.31. The molecular formula is C23H24N2O5. The Labute approximate surface area is 175 Å². The molecule has 7 heteroatoms. The molecule has 2 aromatic carbocycles. The summed E-state index contributed by atoms with van der Waals surface area (Å²) in [6, 6.07) is 13.2. The van der Waals surface area contributed by atoms with Gasteiger partial charge in [0.25, 0.3) is 5.91 Å². The molecule has 0 spiro atoms. The van der Waals surface area contributed by atoms with Gasteiger partial charge >= 0.3 is 0 Å². The molecule has 3 aliphatic rings. The van der Waals surface area contributed by atoms with Gasteiger partial charge in [0, 0.05) is 13.1 Å². The molecule has 30 heavy (non-hydrogen) atoms. The highest BCUT2D eigenvalue weighted by Gasteiger charge is 2.54. The molecule has 5 rings (SSSR count). The fourth-order valence-corrected chi connectivity index (χ4v) is 4.31. The van der Waals surface area contributed by atoms with Crippen LogP contribution in [0.4, 0.5) is 0 Å². The maximum Gasteiger partial charge on any atom is 0.251 e. The Morgan fingerprint density at radius 1 is 1.00 bits per heavy atom. The van der Waals surface area contributed by atoms with Gasteiger partial charge in [-0.1, -0.05) is 18.2 Å². The Morgan fingerprint density at radius 2 is 1.73 bits per heavy atom. The van der Waals surface area contributed by atoms with Gasteiger partial charge in [-0.25, -0.2) is 0 Å². The van der Waals surface area contributed by atoms with Crippen LogP contribution >= 0.6 is 0 Å². The summed E-state index contributed by atoms with van der Waals surface area (Å²) in [6.07, 6.45) is 2.62. The monoisotopic (exact) mass is 408 g/mol. The van der Waals surface area contributed by atoms with E-state index in [0.717, 1.165) is 36.1 Å². The number of methoxy groups -OCH3 is 1. The van der Waals surface area contributed by atoms with Crippen LogP contribution in [0.1, 0.15) is 30.4 Å². The minimum Gasteiger partial charge on any atom is -0.497 e. The lowest BCUT2D eigenvalue weighted by Gasteiger charge is -2.31. The minimum absolute atomic E-state index is 0.0178. The maximum atomic E-state index is 13.5. The van der Waals surface area contributed by atoms with Crippen molar-refractivity contribution >= 4 is 11.8 Å². The summed E-state index contributed by atoms with van der Waals surface area (Å²) in [5.41, 5.74) is 1.32. The Bertz CT molecular complexity index is 984. The van der Waals surface area contributed by atoms with Crippen molar-refractivity contribution < 1.29 is 23.8 Å². The van der Waals surface area contributed by atoms with E-state index in [4.69, 9.17) is 14.2 Å². The van der Waals surface area contributed by atoms with Crippen molar-refractivity contribution in [3.8, 4) is 17.2 Å². The van der Waals surface area contributed by atoms with Crippen molar-refractivity contribution in [1.82, 2.24) is 10.0 Å². The van der Waals surface area contributed by atoms with E-state index in [2.05, 4.69) is 0 Å². The molecule has 0 N–H and O–H groups in total. The summed E-state index contributed by atoms with van der Waals surface area (Å²) in [4.78, 5) is 26.5. The smallest absolute Gasteiger partial charge is 0.251 e. The molecule has 1 saturated heterocycles. The van der Waals surface area contributed by atoms with E-state index in [9.17, 15) is 9.59 Å². The van der Waals surface area contributed by atoms with E-state index in [0.29, 0.717) is 24.6 Å². The van der Waals surface area contributed by atoms with Gasteiger partial charge in [0.15, 0.2) is 11.5 Å². The Morgan fingerprint density at radius 3 is 2.47 bits per heavy atom. The normalized spacial score (nSPS) is 18.4. The van der Waals surface area contributed by atoms with Crippen molar-refractivity contribution in [1.29, 1.82) is 0 Å². The van der Waals surface area contributed by atoms with Crippen LogP contribution in [0.5, 0.6) is 17.2 Å². The predicted octanol–water partition coefficient (Wildman–Crippen LogP) is 2.67. The van der Waals surface area contributed by atoms with Gasteiger partial charge in [0.1, 0.15) is 5.75 Å². The molecule has 0 radical (unpaired) electrons. The van der Waals surface area contributed by atoms with E-state index in [1.54, 1.807) is 17.1 Å². The first-order valence-electron chi connectivity index (χ1n) is 10.3. The van der Waals surface area contributed by atoms with E-state index < -0.39 is 5.41 Å². The molecule has 0 unspecified atom stereocenters. The summed E-state index contributed by atoms with van der Waals surface area (Å²) in [5.74, 6) is 2.06. The third-order valence-corrected chi connectivity index (χ3v) is 6.15. The molecule has 1 aliphatic carbocycles. The quantitative estimate of drug-likeness (QED) is 0.761. The largest absolute Gasteiger partial charge is 0.497 e. The highest BCUT2D eigenvalue weighted by Crippen LogP contribution is 2.50. The topological polar surface area (TPSA) is 68.3 Å². The number of rotatable bonds is 5.